The van der Waals surface area contributed by atoms with E-state index in [1.54, 1.807) is 0 Å². The Morgan fingerprint density at radius 1 is 1.10 bits per heavy atom. The van der Waals surface area contributed by atoms with Crippen LogP contribution in [0.3, 0.4) is 0 Å². The number of benzene rings is 2. The fraction of sp³-hybridized carbons (Fsp3) is 0.300. The number of esters is 1. The highest BCUT2D eigenvalue weighted by atomic mass is 19.4. The third kappa shape index (κ3) is 5.94. The van der Waals surface area contributed by atoms with Crippen LogP contribution in [-0.4, -0.2) is 24.5 Å². The molecule has 1 amide bonds. The molecule has 0 aromatic heterocycles. The molecule has 0 aliphatic heterocycles. The highest BCUT2D eigenvalue weighted by Gasteiger charge is 2.32. The van der Waals surface area contributed by atoms with Gasteiger partial charge in [-0.1, -0.05) is 18.2 Å². The molecule has 0 bridgehead atoms. The lowest BCUT2D eigenvalue weighted by Gasteiger charge is -2.18. The Bertz CT molecular complexity index is 879. The van der Waals surface area contributed by atoms with Crippen LogP contribution in [-0.2, 0) is 20.5 Å². The Labute approximate surface area is 163 Å². The highest BCUT2D eigenvalue weighted by Crippen LogP contribution is 2.31. The lowest BCUT2D eigenvalue weighted by molar-refractivity contribution is -0.158. The van der Waals surface area contributed by atoms with Crippen LogP contribution >= 0.6 is 0 Å². The van der Waals surface area contributed by atoms with Crippen LogP contribution in [0.15, 0.2) is 48.5 Å². The maximum atomic E-state index is 13.2. The third-order valence-electron chi connectivity index (χ3n) is 4.10. The molecule has 0 spiro atoms. The van der Waals surface area contributed by atoms with E-state index in [0.29, 0.717) is 0 Å². The molecule has 1 fully saturated rings. The second kappa shape index (κ2) is 8.50. The number of rotatable bonds is 7. The highest BCUT2D eigenvalue weighted by molar-refractivity contribution is 5.85. The molecule has 1 saturated carbocycles. The molecule has 5 nitrogen and oxygen atoms in total. The van der Waals surface area contributed by atoms with Gasteiger partial charge in [-0.2, -0.15) is 13.2 Å². The number of alkyl halides is 3. The van der Waals surface area contributed by atoms with Gasteiger partial charge in [0.25, 0.3) is 5.91 Å². The molecule has 1 aliphatic rings. The lowest BCUT2D eigenvalue weighted by Crippen LogP contribution is -2.34. The number of carbonyl (C=O) groups excluding carboxylic acids is 2. The number of amides is 1. The van der Waals surface area contributed by atoms with Crippen molar-refractivity contribution >= 4 is 11.9 Å². The first kappa shape index (κ1) is 20.6. The predicted molar refractivity (Wildman–Crippen MR) is 93.3 cm³/mol. The lowest BCUT2D eigenvalue weighted by atomic mass is 10.1. The maximum absolute atomic E-state index is 13.2. The number of nitrogens with one attached hydrogen (secondary N) is 1. The monoisotopic (exact) mass is 411 g/mol. The van der Waals surface area contributed by atoms with Gasteiger partial charge in [0.1, 0.15) is 11.6 Å². The number of carbonyl (C=O) groups is 2. The van der Waals surface area contributed by atoms with Crippen molar-refractivity contribution in [3.05, 3.63) is 65.5 Å². The van der Waals surface area contributed by atoms with Gasteiger partial charge in [0.05, 0.1) is 5.56 Å². The van der Waals surface area contributed by atoms with Crippen molar-refractivity contribution in [2.24, 2.45) is 0 Å². The zero-order chi connectivity index (χ0) is 21.0. The van der Waals surface area contributed by atoms with Crippen LogP contribution in [0.1, 0.15) is 30.1 Å². The first-order chi connectivity index (χ1) is 13.7. The van der Waals surface area contributed by atoms with Crippen LogP contribution < -0.4 is 10.1 Å². The molecule has 0 saturated heterocycles. The van der Waals surface area contributed by atoms with Gasteiger partial charge in [-0.25, -0.2) is 9.18 Å². The topological polar surface area (TPSA) is 64.6 Å². The smallest absolute Gasteiger partial charge is 0.416 e. The summed E-state index contributed by atoms with van der Waals surface area (Å²) in [7, 11) is 0. The fourth-order valence-corrected chi connectivity index (χ4v) is 2.48. The number of hydrogen-bond donors (Lipinski definition) is 1. The summed E-state index contributed by atoms with van der Waals surface area (Å²) in [4.78, 5) is 24.5. The van der Waals surface area contributed by atoms with E-state index < -0.39 is 42.1 Å². The number of ether oxygens (including phenoxy) is 2. The second-order valence-corrected chi connectivity index (χ2v) is 6.52. The predicted octanol–water partition coefficient (Wildman–Crippen LogP) is 3.79. The Balaban J connectivity index is 1.65. The maximum Gasteiger partial charge on any atom is 0.416 e. The van der Waals surface area contributed by atoms with Crippen LogP contribution in [0.25, 0.3) is 0 Å². The van der Waals surface area contributed by atoms with Crippen molar-refractivity contribution in [1.29, 1.82) is 0 Å². The van der Waals surface area contributed by atoms with E-state index in [9.17, 15) is 27.2 Å². The number of halogens is 4. The Morgan fingerprint density at radius 2 is 1.79 bits per heavy atom. The molecule has 0 radical (unpaired) electrons. The van der Waals surface area contributed by atoms with Gasteiger partial charge in [-0.05, 0) is 43.2 Å². The van der Waals surface area contributed by atoms with Gasteiger partial charge < -0.3 is 14.8 Å². The molecule has 1 unspecified atom stereocenters. The molecule has 29 heavy (non-hydrogen) atoms. The fourth-order valence-electron chi connectivity index (χ4n) is 2.48. The van der Waals surface area contributed by atoms with E-state index in [2.05, 4.69) is 5.32 Å². The van der Waals surface area contributed by atoms with Crippen LogP contribution in [0.4, 0.5) is 17.6 Å². The SMILES string of the molecule is O=C(COc1cccc(C(F)(F)F)c1)OC(C(=O)NC1CC1)c1ccc(F)cc1. The van der Waals surface area contributed by atoms with Crippen molar-refractivity contribution in [2.45, 2.75) is 31.2 Å². The molecular weight excluding hydrogens is 394 g/mol. The molecule has 2 aromatic rings. The largest absolute Gasteiger partial charge is 0.482 e. The molecule has 3 rings (SSSR count). The standard InChI is InChI=1S/C20H17F4NO4/c21-14-6-4-12(5-7-14)18(19(27)25-15-8-9-15)29-17(26)11-28-16-3-1-2-13(10-16)20(22,23)24/h1-7,10,15,18H,8-9,11H2,(H,25,27). The van der Waals surface area contributed by atoms with Crippen molar-refractivity contribution in [2.75, 3.05) is 6.61 Å². The van der Waals surface area contributed by atoms with E-state index in [-0.39, 0.29) is 17.4 Å². The van der Waals surface area contributed by atoms with Gasteiger partial charge in [0.2, 0.25) is 6.10 Å². The minimum Gasteiger partial charge on any atom is -0.482 e. The average molecular weight is 411 g/mol. The molecule has 1 aliphatic carbocycles. The summed E-state index contributed by atoms with van der Waals surface area (Å²) in [5, 5.41) is 2.69. The van der Waals surface area contributed by atoms with E-state index in [1.165, 1.54) is 18.2 Å². The molecular formula is C20H17F4NO4. The molecule has 1 atom stereocenters. The van der Waals surface area contributed by atoms with Crippen LogP contribution in [0, 0.1) is 5.82 Å². The van der Waals surface area contributed by atoms with E-state index in [1.807, 2.05) is 0 Å². The number of hydrogen-bond acceptors (Lipinski definition) is 4. The van der Waals surface area contributed by atoms with Gasteiger partial charge in [-0.15, -0.1) is 0 Å². The quantitative estimate of drug-likeness (QED) is 0.556. The molecule has 154 valence electrons. The zero-order valence-electron chi connectivity index (χ0n) is 15.0. The zero-order valence-corrected chi connectivity index (χ0v) is 15.0. The van der Waals surface area contributed by atoms with Crippen molar-refractivity contribution in [3.8, 4) is 5.75 Å². The summed E-state index contributed by atoms with van der Waals surface area (Å²) < 4.78 is 61.6. The second-order valence-electron chi connectivity index (χ2n) is 6.52. The average Bonchev–Trinajstić information content (AvgIpc) is 3.49. The summed E-state index contributed by atoms with van der Waals surface area (Å²) >= 11 is 0. The normalized spacial score (nSPS) is 14.8. The van der Waals surface area contributed by atoms with E-state index in [0.717, 1.165) is 43.2 Å². The third-order valence-corrected chi connectivity index (χ3v) is 4.10. The molecule has 0 heterocycles. The van der Waals surface area contributed by atoms with Crippen molar-refractivity contribution < 1.29 is 36.6 Å². The van der Waals surface area contributed by atoms with Crippen LogP contribution in [0.2, 0.25) is 0 Å². The summed E-state index contributed by atoms with van der Waals surface area (Å²) in [5.41, 5.74) is -0.659. The Kier molecular flexibility index (Phi) is 6.05. The summed E-state index contributed by atoms with van der Waals surface area (Å²) in [6.07, 6.45) is -4.24. The molecule has 9 heteroatoms. The summed E-state index contributed by atoms with van der Waals surface area (Å²) in [6, 6.07) is 8.92. The first-order valence-electron chi connectivity index (χ1n) is 8.78. The van der Waals surface area contributed by atoms with E-state index >= 15 is 0 Å². The van der Waals surface area contributed by atoms with Crippen LogP contribution in [0.5, 0.6) is 5.75 Å². The van der Waals surface area contributed by atoms with Gasteiger partial charge >= 0.3 is 12.1 Å². The molecule has 1 N–H and O–H groups in total. The molecule has 2 aromatic carbocycles. The van der Waals surface area contributed by atoms with Crippen molar-refractivity contribution in [3.63, 3.8) is 0 Å². The summed E-state index contributed by atoms with van der Waals surface area (Å²) in [6.45, 7) is -0.699. The van der Waals surface area contributed by atoms with Gasteiger partial charge in [-0.3, -0.25) is 4.79 Å². The van der Waals surface area contributed by atoms with Crippen molar-refractivity contribution in [1.82, 2.24) is 5.32 Å². The Hall–Kier alpha value is -3.10. The van der Waals surface area contributed by atoms with Gasteiger partial charge in [0, 0.05) is 11.6 Å². The minimum atomic E-state index is -4.55. The first-order valence-corrected chi connectivity index (χ1v) is 8.78. The van der Waals surface area contributed by atoms with Gasteiger partial charge in [0.15, 0.2) is 6.61 Å². The Morgan fingerprint density at radius 3 is 2.41 bits per heavy atom. The minimum absolute atomic E-state index is 0.00510. The van der Waals surface area contributed by atoms with E-state index in [4.69, 9.17) is 9.47 Å². The summed E-state index contributed by atoms with van der Waals surface area (Å²) in [5.74, 6) is -2.21.